The molecule has 0 spiro atoms. The Labute approximate surface area is 143 Å². The van der Waals surface area contributed by atoms with Crippen molar-refractivity contribution in [2.24, 2.45) is 5.50 Å². The van der Waals surface area contributed by atoms with Gasteiger partial charge in [-0.15, -0.1) is 0 Å². The maximum absolute atomic E-state index is 11.4. The van der Waals surface area contributed by atoms with Crippen LogP contribution in [0.5, 0.6) is 5.75 Å². The fraction of sp³-hybridized carbons (Fsp3) is 0.368. The number of hydrogen-bond donors (Lipinski definition) is 3. The molecule has 1 atom stereocenters. The van der Waals surface area contributed by atoms with Crippen molar-refractivity contribution < 1.29 is 14.6 Å². The molecule has 0 fully saturated rings. The smallest absolute Gasteiger partial charge is 0.268 e. The van der Waals surface area contributed by atoms with Crippen LogP contribution >= 0.6 is 7.52 Å². The number of phenols is 1. The average molecular weight is 347 g/mol. The molecule has 24 heavy (non-hydrogen) atoms. The van der Waals surface area contributed by atoms with E-state index in [1.165, 1.54) is 5.56 Å². The van der Waals surface area contributed by atoms with E-state index in [4.69, 9.17) is 5.50 Å². The molecule has 0 heterocycles. The molecular weight excluding hydrogens is 321 g/mol. The number of nitrogens with two attached hydrogens (primary N) is 1. The molecule has 2 aromatic rings. The van der Waals surface area contributed by atoms with Gasteiger partial charge in [0.1, 0.15) is 5.75 Å². The van der Waals surface area contributed by atoms with Gasteiger partial charge < -0.3 is 10.00 Å². The lowest BCUT2D eigenvalue weighted by molar-refractivity contribution is 0.464. The second-order valence-electron chi connectivity index (χ2n) is 6.85. The summed E-state index contributed by atoms with van der Waals surface area (Å²) in [5.74, 6) is 0.594. The van der Waals surface area contributed by atoms with Crippen LogP contribution in [0.15, 0.2) is 30.3 Å². The molecule has 0 aliphatic rings. The number of aromatic hydroxyl groups is 1. The molecule has 4 nitrogen and oxygen atoms in total. The zero-order valence-corrected chi connectivity index (χ0v) is 15.6. The van der Waals surface area contributed by atoms with Gasteiger partial charge in [-0.25, -0.2) is 0 Å². The lowest BCUT2D eigenvalue weighted by Crippen LogP contribution is -2.02. The third-order valence-corrected chi connectivity index (χ3v) is 5.08. The summed E-state index contributed by atoms with van der Waals surface area (Å²) in [6.45, 7) is 8.14. The van der Waals surface area contributed by atoms with Crippen LogP contribution < -0.4 is 5.50 Å². The Bertz CT molecular complexity index is 770. The summed E-state index contributed by atoms with van der Waals surface area (Å²) in [4.78, 5) is 9.38. The third kappa shape index (κ3) is 4.70. The quantitative estimate of drug-likeness (QED) is 0.702. The van der Waals surface area contributed by atoms with E-state index in [2.05, 4.69) is 19.9 Å². The Morgan fingerprint density at radius 2 is 1.67 bits per heavy atom. The van der Waals surface area contributed by atoms with Gasteiger partial charge in [-0.2, -0.15) is 0 Å². The standard InChI is InChI=1S/C19H26NO3P/c1-12(2)17-9-15(5-6-19(17)21)10-18-13(3)7-16(8-14(18)4)11-24(20,22)23/h5-9,12,21H,10-11H2,1-4H3,(H3,20,22,23). The number of aryl methyl sites for hydroxylation is 2. The molecule has 0 aromatic heterocycles. The SMILES string of the molecule is Cc1cc(CP(N)(=O)O)cc(C)c1Cc1ccc(O)c(C(C)C)c1. The van der Waals surface area contributed by atoms with Crippen molar-refractivity contribution in [1.82, 2.24) is 0 Å². The largest absolute Gasteiger partial charge is 0.508 e. The fourth-order valence-electron chi connectivity index (χ4n) is 3.10. The first-order valence-corrected chi connectivity index (χ1v) is 9.99. The number of benzene rings is 2. The summed E-state index contributed by atoms with van der Waals surface area (Å²) in [6.07, 6.45) is 0.753. The highest BCUT2D eigenvalue weighted by molar-refractivity contribution is 7.54. The van der Waals surface area contributed by atoms with Crippen LogP contribution in [-0.2, 0) is 17.1 Å². The molecule has 1 unspecified atom stereocenters. The van der Waals surface area contributed by atoms with Gasteiger partial charge in [0.2, 0.25) is 0 Å². The Kier molecular flexibility index (Phi) is 5.54. The molecular formula is C19H26NO3P. The van der Waals surface area contributed by atoms with Crippen LogP contribution in [0.3, 0.4) is 0 Å². The second kappa shape index (κ2) is 7.10. The van der Waals surface area contributed by atoms with Crippen LogP contribution in [0.1, 0.15) is 53.1 Å². The van der Waals surface area contributed by atoms with Gasteiger partial charge in [0.15, 0.2) is 0 Å². The molecule has 130 valence electrons. The number of rotatable bonds is 5. The minimum absolute atomic E-state index is 0.00827. The van der Waals surface area contributed by atoms with Crippen molar-refractivity contribution in [3.05, 3.63) is 63.7 Å². The molecule has 4 N–H and O–H groups in total. The Morgan fingerprint density at radius 3 is 2.17 bits per heavy atom. The molecule has 2 rings (SSSR count). The topological polar surface area (TPSA) is 83.6 Å². The predicted octanol–water partition coefficient (Wildman–Crippen LogP) is 4.37. The Hall–Kier alpha value is -1.61. The van der Waals surface area contributed by atoms with Gasteiger partial charge in [0.25, 0.3) is 7.52 Å². The Balaban J connectivity index is 2.34. The number of hydrogen-bond acceptors (Lipinski definition) is 2. The lowest BCUT2D eigenvalue weighted by Gasteiger charge is -2.15. The van der Waals surface area contributed by atoms with E-state index in [9.17, 15) is 14.6 Å². The van der Waals surface area contributed by atoms with Gasteiger partial charge in [0.05, 0.1) is 6.16 Å². The summed E-state index contributed by atoms with van der Waals surface area (Å²) >= 11 is 0. The lowest BCUT2D eigenvalue weighted by atomic mass is 9.92. The van der Waals surface area contributed by atoms with Gasteiger partial charge in [-0.05, 0) is 65.6 Å². The van der Waals surface area contributed by atoms with Gasteiger partial charge in [0, 0.05) is 0 Å². The van der Waals surface area contributed by atoms with Crippen molar-refractivity contribution in [2.75, 3.05) is 0 Å². The third-order valence-electron chi connectivity index (χ3n) is 4.26. The maximum Gasteiger partial charge on any atom is 0.268 e. The fourth-order valence-corrected chi connectivity index (χ4v) is 3.80. The monoisotopic (exact) mass is 347 g/mol. The molecule has 0 saturated heterocycles. The van der Waals surface area contributed by atoms with E-state index < -0.39 is 7.52 Å². The molecule has 0 saturated carbocycles. The summed E-state index contributed by atoms with van der Waals surface area (Å²) in [5.41, 5.74) is 11.5. The second-order valence-corrected chi connectivity index (χ2v) is 8.67. The molecule has 0 radical (unpaired) electrons. The number of phenolic OH excluding ortho intramolecular Hbond substituents is 1. The predicted molar refractivity (Wildman–Crippen MR) is 98.6 cm³/mol. The zero-order chi connectivity index (χ0) is 18.1. The molecule has 2 aromatic carbocycles. The van der Waals surface area contributed by atoms with Crippen molar-refractivity contribution >= 4 is 7.52 Å². The van der Waals surface area contributed by atoms with Crippen LogP contribution in [0, 0.1) is 13.8 Å². The first-order chi connectivity index (χ1) is 11.1. The molecule has 0 aliphatic heterocycles. The van der Waals surface area contributed by atoms with Crippen molar-refractivity contribution in [1.29, 1.82) is 0 Å². The maximum atomic E-state index is 11.4. The minimum Gasteiger partial charge on any atom is -0.508 e. The highest BCUT2D eigenvalue weighted by Crippen LogP contribution is 2.36. The highest BCUT2D eigenvalue weighted by atomic mass is 31.2. The van der Waals surface area contributed by atoms with E-state index in [1.807, 2.05) is 32.0 Å². The van der Waals surface area contributed by atoms with Crippen molar-refractivity contribution in [3.8, 4) is 5.75 Å². The zero-order valence-electron chi connectivity index (χ0n) is 14.7. The summed E-state index contributed by atoms with van der Waals surface area (Å²) in [6, 6.07) is 9.61. The van der Waals surface area contributed by atoms with Crippen LogP contribution in [0.4, 0.5) is 0 Å². The van der Waals surface area contributed by atoms with E-state index in [1.54, 1.807) is 6.07 Å². The first-order valence-electron chi connectivity index (χ1n) is 8.08. The van der Waals surface area contributed by atoms with Gasteiger partial charge >= 0.3 is 0 Å². The molecule has 0 aliphatic carbocycles. The molecule has 0 bridgehead atoms. The summed E-state index contributed by atoms with van der Waals surface area (Å²) in [7, 11) is -3.56. The average Bonchev–Trinajstić information content (AvgIpc) is 2.42. The van der Waals surface area contributed by atoms with Crippen LogP contribution in [0.2, 0.25) is 0 Å². The van der Waals surface area contributed by atoms with E-state index in [-0.39, 0.29) is 12.1 Å². The van der Waals surface area contributed by atoms with Crippen molar-refractivity contribution in [2.45, 2.75) is 46.2 Å². The normalized spacial score (nSPS) is 14.0. The molecule has 0 amide bonds. The van der Waals surface area contributed by atoms with E-state index >= 15 is 0 Å². The minimum atomic E-state index is -3.56. The summed E-state index contributed by atoms with van der Waals surface area (Å²) < 4.78 is 11.4. The van der Waals surface area contributed by atoms with Gasteiger partial charge in [-0.1, -0.05) is 38.1 Å². The van der Waals surface area contributed by atoms with E-state index in [0.717, 1.165) is 34.2 Å². The van der Waals surface area contributed by atoms with Crippen LogP contribution in [-0.4, -0.2) is 10.00 Å². The van der Waals surface area contributed by atoms with Crippen molar-refractivity contribution in [3.63, 3.8) is 0 Å². The van der Waals surface area contributed by atoms with E-state index in [0.29, 0.717) is 5.75 Å². The first kappa shape index (κ1) is 18.7. The Morgan fingerprint density at radius 1 is 1.08 bits per heavy atom. The van der Waals surface area contributed by atoms with Gasteiger partial charge in [-0.3, -0.25) is 10.1 Å². The highest BCUT2D eigenvalue weighted by Gasteiger charge is 2.15. The van der Waals surface area contributed by atoms with Crippen LogP contribution in [0.25, 0.3) is 0 Å². The summed E-state index contributed by atoms with van der Waals surface area (Å²) in [5, 5.41) is 9.96. The molecule has 5 heteroatoms.